The van der Waals surface area contributed by atoms with Gasteiger partial charge in [0.1, 0.15) is 5.25 Å². The maximum Gasteiger partial charge on any atom is 0.305 e. The van der Waals surface area contributed by atoms with Crippen molar-refractivity contribution in [2.45, 2.75) is 37.9 Å². The Labute approximate surface area is 139 Å². The Morgan fingerprint density at radius 2 is 2.00 bits per heavy atom. The molecule has 1 amide bonds. The van der Waals surface area contributed by atoms with Gasteiger partial charge in [-0.25, -0.2) is 0 Å². The quantitative estimate of drug-likeness (QED) is 0.654. The molecule has 0 bridgehead atoms. The lowest BCUT2D eigenvalue weighted by molar-refractivity contribution is -0.138. The summed E-state index contributed by atoms with van der Waals surface area (Å²) in [6.45, 7) is 6.45. The van der Waals surface area contributed by atoms with Crippen LogP contribution in [0.4, 0.5) is 0 Å². The Kier molecular flexibility index (Phi) is 5.20. The van der Waals surface area contributed by atoms with Crippen molar-refractivity contribution in [2.24, 2.45) is 10.2 Å². The van der Waals surface area contributed by atoms with E-state index >= 15 is 0 Å². The van der Waals surface area contributed by atoms with E-state index in [4.69, 9.17) is 5.11 Å². The Morgan fingerprint density at radius 3 is 2.57 bits per heavy atom. The number of amidine groups is 1. The molecule has 1 aliphatic rings. The summed E-state index contributed by atoms with van der Waals surface area (Å²) in [4.78, 5) is 22.2. The number of hydrogen-bond donors (Lipinski definition) is 2. The van der Waals surface area contributed by atoms with Crippen molar-refractivity contribution in [3.8, 4) is 0 Å². The first kappa shape index (κ1) is 17.2. The van der Waals surface area contributed by atoms with Gasteiger partial charge in [-0.3, -0.25) is 9.59 Å². The molecular formula is C16H19N3O3S. The maximum absolute atomic E-state index is 11.6. The number of benzene rings is 1. The van der Waals surface area contributed by atoms with Crippen molar-refractivity contribution in [1.29, 1.82) is 0 Å². The van der Waals surface area contributed by atoms with E-state index in [9.17, 15) is 9.59 Å². The highest BCUT2D eigenvalue weighted by molar-refractivity contribution is 8.15. The lowest BCUT2D eigenvalue weighted by Crippen LogP contribution is -2.26. The van der Waals surface area contributed by atoms with E-state index in [2.05, 4.69) is 36.3 Å². The summed E-state index contributed by atoms with van der Waals surface area (Å²) in [5, 5.41) is 18.8. The number of carboxylic acids is 1. The van der Waals surface area contributed by atoms with Gasteiger partial charge in [0.25, 0.3) is 0 Å². The zero-order chi connectivity index (χ0) is 17.0. The minimum absolute atomic E-state index is 0.0970. The van der Waals surface area contributed by atoms with Crippen molar-refractivity contribution in [2.75, 3.05) is 0 Å². The van der Waals surface area contributed by atoms with Gasteiger partial charge in [-0.2, -0.15) is 5.10 Å². The lowest BCUT2D eigenvalue weighted by Gasteiger charge is -2.18. The van der Waals surface area contributed by atoms with Crippen LogP contribution in [0, 0.1) is 0 Å². The first-order valence-corrected chi connectivity index (χ1v) is 8.04. The molecular weight excluding hydrogens is 314 g/mol. The third-order valence-corrected chi connectivity index (χ3v) is 4.34. The molecule has 0 radical (unpaired) electrons. The molecule has 2 N–H and O–H groups in total. The number of nitrogens with zero attached hydrogens (tertiary/aromatic N) is 2. The van der Waals surface area contributed by atoms with Crippen LogP contribution >= 0.6 is 11.8 Å². The molecule has 1 aromatic rings. The van der Waals surface area contributed by atoms with Crippen molar-refractivity contribution < 1.29 is 14.7 Å². The zero-order valence-corrected chi connectivity index (χ0v) is 14.1. The molecule has 0 saturated carbocycles. The van der Waals surface area contributed by atoms with Crippen molar-refractivity contribution in [3.63, 3.8) is 0 Å². The summed E-state index contributed by atoms with van der Waals surface area (Å²) in [6, 6.07) is 8.00. The molecule has 1 aromatic carbocycles. The number of hydrogen-bond acceptors (Lipinski definition) is 5. The summed E-state index contributed by atoms with van der Waals surface area (Å²) >= 11 is 1.08. The van der Waals surface area contributed by atoms with Crippen LogP contribution < -0.4 is 5.32 Å². The van der Waals surface area contributed by atoms with Crippen LogP contribution in [0.25, 0.3) is 0 Å². The van der Waals surface area contributed by atoms with Crippen LogP contribution in [-0.4, -0.2) is 33.6 Å². The number of carbonyl (C=O) groups is 2. The average Bonchev–Trinajstić information content (AvgIpc) is 2.78. The van der Waals surface area contributed by atoms with E-state index < -0.39 is 11.2 Å². The number of rotatable bonds is 4. The third-order valence-electron chi connectivity index (χ3n) is 3.27. The molecule has 2 rings (SSSR count). The normalized spacial score (nSPS) is 20.2. The van der Waals surface area contributed by atoms with Gasteiger partial charge in [-0.05, 0) is 16.5 Å². The average molecular weight is 333 g/mol. The fraction of sp³-hybridized carbons (Fsp3) is 0.375. The monoisotopic (exact) mass is 333 g/mol. The molecule has 1 heterocycles. The highest BCUT2D eigenvalue weighted by atomic mass is 32.2. The number of carboxylic acid groups (broad SMARTS) is 1. The van der Waals surface area contributed by atoms with E-state index in [1.54, 1.807) is 6.21 Å². The molecule has 122 valence electrons. The molecule has 1 aliphatic heterocycles. The number of amides is 1. The van der Waals surface area contributed by atoms with Gasteiger partial charge in [-0.1, -0.05) is 56.8 Å². The van der Waals surface area contributed by atoms with Crippen molar-refractivity contribution >= 4 is 35.0 Å². The zero-order valence-electron chi connectivity index (χ0n) is 13.2. The Bertz CT molecular complexity index is 660. The van der Waals surface area contributed by atoms with Gasteiger partial charge < -0.3 is 10.4 Å². The van der Waals surface area contributed by atoms with Gasteiger partial charge in [0.05, 0.1) is 12.6 Å². The molecule has 0 aromatic heterocycles. The molecule has 7 heteroatoms. The van der Waals surface area contributed by atoms with Gasteiger partial charge >= 0.3 is 5.97 Å². The van der Waals surface area contributed by atoms with Crippen LogP contribution in [0.15, 0.2) is 34.5 Å². The molecule has 1 fully saturated rings. The second-order valence-corrected chi connectivity index (χ2v) is 7.41. The summed E-state index contributed by atoms with van der Waals surface area (Å²) in [7, 11) is 0. The minimum Gasteiger partial charge on any atom is -0.481 e. The number of nitrogens with one attached hydrogen (secondary N) is 1. The van der Waals surface area contributed by atoms with Gasteiger partial charge in [-0.15, -0.1) is 5.10 Å². The highest BCUT2D eigenvalue weighted by Gasteiger charge is 2.32. The van der Waals surface area contributed by atoms with E-state index in [1.807, 2.05) is 24.3 Å². The Morgan fingerprint density at radius 1 is 1.35 bits per heavy atom. The largest absolute Gasteiger partial charge is 0.481 e. The molecule has 1 atom stereocenters. The van der Waals surface area contributed by atoms with E-state index in [-0.39, 0.29) is 17.7 Å². The molecule has 1 saturated heterocycles. The minimum atomic E-state index is -1.01. The Balaban J connectivity index is 1.99. The first-order valence-electron chi connectivity index (χ1n) is 7.16. The third kappa shape index (κ3) is 4.92. The maximum atomic E-state index is 11.6. The molecule has 0 unspecified atom stereocenters. The fourth-order valence-electron chi connectivity index (χ4n) is 1.96. The van der Waals surface area contributed by atoms with E-state index in [0.29, 0.717) is 5.17 Å². The number of carbonyl (C=O) groups excluding carboxylic acids is 1. The van der Waals surface area contributed by atoms with Crippen LogP contribution in [-0.2, 0) is 15.0 Å². The van der Waals surface area contributed by atoms with E-state index in [0.717, 1.165) is 17.3 Å². The molecule has 23 heavy (non-hydrogen) atoms. The molecule has 0 spiro atoms. The second kappa shape index (κ2) is 6.95. The summed E-state index contributed by atoms with van der Waals surface area (Å²) in [5.74, 6) is -1.36. The topological polar surface area (TPSA) is 91.1 Å². The first-order chi connectivity index (χ1) is 10.8. The Hall–Kier alpha value is -2.15. The predicted molar refractivity (Wildman–Crippen MR) is 91.9 cm³/mol. The SMILES string of the molecule is CC(C)(C)c1ccc(/C=N\N=C2/NC(=O)[C@@H](CC(=O)O)S2)cc1. The summed E-state index contributed by atoms with van der Waals surface area (Å²) in [6.07, 6.45) is 1.37. The fourth-order valence-corrected chi connectivity index (χ4v) is 2.88. The molecule has 0 aliphatic carbocycles. The standard InChI is InChI=1S/C16H19N3O3S/c1-16(2,3)11-6-4-10(5-7-11)9-17-19-15-18-14(22)12(23-15)8-13(20)21/h4-7,9,12H,8H2,1-3H3,(H,20,21)(H,18,19,22)/b17-9-/t12-/m1/s1. The van der Waals surface area contributed by atoms with Crippen LogP contribution in [0.2, 0.25) is 0 Å². The highest BCUT2D eigenvalue weighted by Crippen LogP contribution is 2.23. The van der Waals surface area contributed by atoms with Crippen molar-refractivity contribution in [3.05, 3.63) is 35.4 Å². The lowest BCUT2D eigenvalue weighted by atomic mass is 9.87. The van der Waals surface area contributed by atoms with Gasteiger partial charge in [0, 0.05) is 0 Å². The number of aliphatic carboxylic acids is 1. The van der Waals surface area contributed by atoms with Crippen molar-refractivity contribution in [1.82, 2.24) is 5.32 Å². The number of thioether (sulfide) groups is 1. The smallest absolute Gasteiger partial charge is 0.305 e. The van der Waals surface area contributed by atoms with Gasteiger partial charge in [0.15, 0.2) is 5.17 Å². The summed E-state index contributed by atoms with van der Waals surface area (Å²) in [5.41, 5.74) is 2.23. The predicted octanol–water partition coefficient (Wildman–Crippen LogP) is 2.38. The van der Waals surface area contributed by atoms with E-state index in [1.165, 1.54) is 5.56 Å². The van der Waals surface area contributed by atoms with Gasteiger partial charge in [0.2, 0.25) is 5.91 Å². The van der Waals surface area contributed by atoms with Crippen LogP contribution in [0.1, 0.15) is 38.3 Å². The second-order valence-electron chi connectivity index (χ2n) is 6.22. The summed E-state index contributed by atoms with van der Waals surface area (Å²) < 4.78 is 0. The van der Waals surface area contributed by atoms with Crippen LogP contribution in [0.5, 0.6) is 0 Å². The van der Waals surface area contributed by atoms with Crippen LogP contribution in [0.3, 0.4) is 0 Å². The molecule has 6 nitrogen and oxygen atoms in total.